The first-order chi connectivity index (χ1) is 5.90. The van der Waals surface area contributed by atoms with Gasteiger partial charge in [0.15, 0.2) is 0 Å². The molecule has 0 atom stereocenters. The fraction of sp³-hybridized carbons (Fsp3) is 0. The number of nitriles is 1. The van der Waals surface area contributed by atoms with Crippen LogP contribution in [0.15, 0.2) is 35.4 Å². The molecule has 0 aliphatic carbocycles. The van der Waals surface area contributed by atoms with Gasteiger partial charge in [-0.2, -0.15) is 5.26 Å². The van der Waals surface area contributed by atoms with E-state index in [9.17, 15) is 0 Å². The molecule has 2 aromatic rings. The highest BCUT2D eigenvalue weighted by atomic mass is 32.2. The molecule has 0 aliphatic heterocycles. The van der Waals surface area contributed by atoms with Crippen LogP contribution in [0.2, 0.25) is 0 Å². The zero-order valence-electron chi connectivity index (χ0n) is 6.24. The molecule has 0 saturated heterocycles. The maximum Gasteiger partial charge on any atom is 0.140 e. The van der Waals surface area contributed by atoms with Crippen LogP contribution in [0.25, 0.3) is 10.9 Å². The van der Waals surface area contributed by atoms with E-state index >= 15 is 0 Å². The zero-order chi connectivity index (χ0) is 8.39. The zero-order valence-corrected chi connectivity index (χ0v) is 7.06. The molecule has 58 valence electrons. The summed E-state index contributed by atoms with van der Waals surface area (Å²) in [6, 6.07) is 9.95. The summed E-state index contributed by atoms with van der Waals surface area (Å²) >= 11 is 1.15. The third kappa shape index (κ3) is 1.17. The van der Waals surface area contributed by atoms with Crippen molar-refractivity contribution < 1.29 is 0 Å². The van der Waals surface area contributed by atoms with Gasteiger partial charge < -0.3 is 4.98 Å². The van der Waals surface area contributed by atoms with Crippen LogP contribution in [-0.4, -0.2) is 4.98 Å². The molecule has 0 saturated carbocycles. The summed E-state index contributed by atoms with van der Waals surface area (Å²) in [4.78, 5) is 3.14. The number of thiocyanates is 1. The standard InChI is InChI=1S/C9H6N2S/c10-6-12-9-5-7-3-1-2-4-8(7)11-9/h1-5,11H. The Morgan fingerprint density at radius 2 is 2.17 bits per heavy atom. The minimum atomic E-state index is 0.902. The SMILES string of the molecule is N#CSc1cc2ccccc2[nH]1. The second kappa shape index (κ2) is 2.92. The van der Waals surface area contributed by atoms with Gasteiger partial charge in [-0.3, -0.25) is 0 Å². The molecule has 0 aliphatic rings. The monoisotopic (exact) mass is 174 g/mol. The molecule has 2 rings (SSSR count). The van der Waals surface area contributed by atoms with Crippen molar-refractivity contribution in [3.8, 4) is 5.40 Å². The molecule has 1 N–H and O–H groups in total. The Morgan fingerprint density at radius 1 is 1.33 bits per heavy atom. The fourth-order valence-corrected chi connectivity index (χ4v) is 1.60. The van der Waals surface area contributed by atoms with E-state index in [1.165, 1.54) is 0 Å². The largest absolute Gasteiger partial charge is 0.349 e. The smallest absolute Gasteiger partial charge is 0.140 e. The topological polar surface area (TPSA) is 39.6 Å². The van der Waals surface area contributed by atoms with Crippen molar-refractivity contribution in [1.82, 2.24) is 4.98 Å². The number of nitrogens with zero attached hydrogens (tertiary/aromatic N) is 1. The Bertz CT molecular complexity index is 406. The van der Waals surface area contributed by atoms with Crippen LogP contribution in [-0.2, 0) is 0 Å². The number of H-pyrrole nitrogens is 1. The lowest BCUT2D eigenvalue weighted by Gasteiger charge is -1.83. The quantitative estimate of drug-likeness (QED) is 0.533. The number of fused-ring (bicyclic) bond motifs is 1. The lowest BCUT2D eigenvalue weighted by molar-refractivity contribution is 1.25. The lowest BCUT2D eigenvalue weighted by Crippen LogP contribution is -1.65. The molecular weight excluding hydrogens is 168 g/mol. The third-order valence-corrected chi connectivity index (χ3v) is 2.19. The normalized spacial score (nSPS) is 9.92. The Balaban J connectivity index is 2.56. The highest BCUT2D eigenvalue weighted by Crippen LogP contribution is 2.21. The van der Waals surface area contributed by atoms with Crippen LogP contribution >= 0.6 is 11.8 Å². The van der Waals surface area contributed by atoms with E-state index in [0.717, 1.165) is 27.7 Å². The summed E-state index contributed by atoms with van der Waals surface area (Å²) in [5.74, 6) is 0. The average molecular weight is 174 g/mol. The first kappa shape index (κ1) is 7.26. The van der Waals surface area contributed by atoms with Crippen molar-refractivity contribution >= 4 is 22.7 Å². The first-order valence-electron chi connectivity index (χ1n) is 3.54. The lowest BCUT2D eigenvalue weighted by atomic mass is 10.3. The van der Waals surface area contributed by atoms with Gasteiger partial charge in [-0.15, -0.1) is 0 Å². The van der Waals surface area contributed by atoms with Crippen molar-refractivity contribution in [2.45, 2.75) is 5.03 Å². The van der Waals surface area contributed by atoms with Gasteiger partial charge in [-0.25, -0.2) is 0 Å². The van der Waals surface area contributed by atoms with Gasteiger partial charge in [0.05, 0.1) is 5.03 Å². The average Bonchev–Trinajstić information content (AvgIpc) is 2.47. The first-order valence-corrected chi connectivity index (χ1v) is 4.35. The molecule has 0 unspecified atom stereocenters. The van der Waals surface area contributed by atoms with Crippen LogP contribution < -0.4 is 0 Å². The molecule has 0 fully saturated rings. The molecule has 1 heterocycles. The molecule has 3 heteroatoms. The van der Waals surface area contributed by atoms with Crippen LogP contribution in [0.1, 0.15) is 0 Å². The van der Waals surface area contributed by atoms with Crippen molar-refractivity contribution in [3.63, 3.8) is 0 Å². The third-order valence-electron chi connectivity index (χ3n) is 1.66. The minimum Gasteiger partial charge on any atom is -0.349 e. The predicted octanol–water partition coefficient (Wildman–Crippen LogP) is 2.74. The second-order valence-corrected chi connectivity index (χ2v) is 3.24. The fourth-order valence-electron chi connectivity index (χ4n) is 1.15. The number of aromatic amines is 1. The summed E-state index contributed by atoms with van der Waals surface area (Å²) in [5.41, 5.74) is 1.08. The van der Waals surface area contributed by atoms with Gasteiger partial charge in [-0.1, -0.05) is 18.2 Å². The van der Waals surface area contributed by atoms with Crippen molar-refractivity contribution in [3.05, 3.63) is 30.3 Å². The summed E-state index contributed by atoms with van der Waals surface area (Å²) in [6.45, 7) is 0. The molecule has 0 amide bonds. The Labute approximate surface area is 74.2 Å². The van der Waals surface area contributed by atoms with E-state index in [2.05, 4.69) is 4.98 Å². The van der Waals surface area contributed by atoms with Crippen molar-refractivity contribution in [2.75, 3.05) is 0 Å². The van der Waals surface area contributed by atoms with Crippen LogP contribution in [0.5, 0.6) is 0 Å². The maximum absolute atomic E-state index is 8.44. The van der Waals surface area contributed by atoms with E-state index in [0.29, 0.717) is 0 Å². The Hall–Kier alpha value is -1.40. The highest BCUT2D eigenvalue weighted by Gasteiger charge is 1.98. The van der Waals surface area contributed by atoms with Crippen molar-refractivity contribution in [1.29, 1.82) is 5.26 Å². The van der Waals surface area contributed by atoms with Gasteiger partial charge in [0, 0.05) is 22.7 Å². The van der Waals surface area contributed by atoms with E-state index in [4.69, 9.17) is 5.26 Å². The minimum absolute atomic E-state index is 0.902. The van der Waals surface area contributed by atoms with Crippen LogP contribution in [0, 0.1) is 10.7 Å². The van der Waals surface area contributed by atoms with E-state index < -0.39 is 0 Å². The second-order valence-electron chi connectivity index (χ2n) is 2.41. The number of rotatable bonds is 1. The maximum atomic E-state index is 8.44. The van der Waals surface area contributed by atoms with Gasteiger partial charge >= 0.3 is 0 Å². The molecular formula is C9H6N2S. The van der Waals surface area contributed by atoms with E-state index in [1.807, 2.05) is 35.7 Å². The molecule has 1 aromatic heterocycles. The molecule has 0 radical (unpaired) electrons. The number of thioether (sulfide) groups is 1. The van der Waals surface area contributed by atoms with E-state index in [-0.39, 0.29) is 0 Å². The number of nitrogens with one attached hydrogen (secondary N) is 1. The predicted molar refractivity (Wildman–Crippen MR) is 49.8 cm³/mol. The molecule has 0 spiro atoms. The number of para-hydroxylation sites is 1. The van der Waals surface area contributed by atoms with Gasteiger partial charge in [0.25, 0.3) is 0 Å². The van der Waals surface area contributed by atoms with Crippen LogP contribution in [0.3, 0.4) is 0 Å². The summed E-state index contributed by atoms with van der Waals surface area (Å²) in [6.07, 6.45) is 0. The number of hydrogen-bond acceptors (Lipinski definition) is 2. The van der Waals surface area contributed by atoms with Crippen LogP contribution in [0.4, 0.5) is 0 Å². The summed E-state index contributed by atoms with van der Waals surface area (Å²) in [7, 11) is 0. The molecule has 0 bridgehead atoms. The number of benzene rings is 1. The van der Waals surface area contributed by atoms with Gasteiger partial charge in [0.1, 0.15) is 5.40 Å². The Morgan fingerprint density at radius 3 is 2.92 bits per heavy atom. The van der Waals surface area contributed by atoms with E-state index in [1.54, 1.807) is 0 Å². The molecule has 12 heavy (non-hydrogen) atoms. The Kier molecular flexibility index (Phi) is 1.77. The number of aromatic nitrogens is 1. The molecule has 1 aromatic carbocycles. The van der Waals surface area contributed by atoms with Crippen molar-refractivity contribution in [2.24, 2.45) is 0 Å². The summed E-state index contributed by atoms with van der Waals surface area (Å²) in [5, 5.41) is 12.5. The highest BCUT2D eigenvalue weighted by molar-refractivity contribution is 8.03. The molecule has 2 nitrogen and oxygen atoms in total. The van der Waals surface area contributed by atoms with Gasteiger partial charge in [0.2, 0.25) is 0 Å². The number of hydrogen-bond donors (Lipinski definition) is 1. The summed E-state index contributed by atoms with van der Waals surface area (Å²) < 4.78 is 0. The van der Waals surface area contributed by atoms with Gasteiger partial charge in [-0.05, 0) is 12.1 Å².